The van der Waals surface area contributed by atoms with Gasteiger partial charge in [0.1, 0.15) is 0 Å². The van der Waals surface area contributed by atoms with Gasteiger partial charge in [0.05, 0.1) is 50.5 Å². The molecular weight excluding hydrogens is 944 g/mol. The standard InChI is InChI=1S/C68H65B2N3O4/c1-46-22-21-23-47(2)64(46)73-62-42-40-54(71(60-30-19-17-28-56(60)48-24-13-11-14-25-48)52-36-32-50(33-37-52)69-74-65(3,4)66(5,6)75-69)44-58(62)59-45-55(41-43-63(59)73)72(61-31-20-18-29-57(61)49-26-15-12-16-27-49)53-38-34-51(35-39-53)70-76-67(7,8)68(9,10)77-70/h11-45H,1-10H3. The lowest BCUT2D eigenvalue weighted by Crippen LogP contribution is -2.41. The smallest absolute Gasteiger partial charge is 0.399 e. The minimum Gasteiger partial charge on any atom is -0.399 e. The molecule has 0 amide bonds. The molecule has 0 aliphatic carbocycles. The molecule has 9 heteroatoms. The van der Waals surface area contributed by atoms with E-state index in [0.29, 0.717) is 0 Å². The van der Waals surface area contributed by atoms with Gasteiger partial charge < -0.3 is 33.0 Å². The average Bonchev–Trinajstić information content (AvgIpc) is 4.18. The average molecular weight is 1010 g/mol. The van der Waals surface area contributed by atoms with Crippen LogP contribution in [0.15, 0.2) is 212 Å². The molecule has 382 valence electrons. The van der Waals surface area contributed by atoms with Gasteiger partial charge in [-0.3, -0.25) is 0 Å². The lowest BCUT2D eigenvalue weighted by molar-refractivity contribution is 0.00578. The molecule has 2 fully saturated rings. The van der Waals surface area contributed by atoms with E-state index in [1.165, 1.54) is 16.8 Å². The number of rotatable bonds is 11. The molecule has 9 aromatic carbocycles. The molecule has 2 saturated heterocycles. The van der Waals surface area contributed by atoms with Crippen LogP contribution in [0.1, 0.15) is 66.5 Å². The molecule has 2 aliphatic heterocycles. The molecule has 1 aromatic heterocycles. The maximum Gasteiger partial charge on any atom is 0.494 e. The van der Waals surface area contributed by atoms with Crippen molar-refractivity contribution in [2.45, 2.75) is 91.6 Å². The van der Waals surface area contributed by atoms with Gasteiger partial charge in [-0.25, -0.2) is 0 Å². The summed E-state index contributed by atoms with van der Waals surface area (Å²) < 4.78 is 28.6. The number of anilines is 6. The molecule has 7 nitrogen and oxygen atoms in total. The third kappa shape index (κ3) is 8.85. The van der Waals surface area contributed by atoms with Gasteiger partial charge in [0.15, 0.2) is 0 Å². The molecule has 0 radical (unpaired) electrons. The van der Waals surface area contributed by atoms with Gasteiger partial charge in [0.2, 0.25) is 0 Å². The largest absolute Gasteiger partial charge is 0.494 e. The normalized spacial score (nSPS) is 16.3. The van der Waals surface area contributed by atoms with Gasteiger partial charge >= 0.3 is 14.2 Å². The van der Waals surface area contributed by atoms with Crippen molar-refractivity contribution in [2.24, 2.45) is 0 Å². The number of hydrogen-bond acceptors (Lipinski definition) is 6. The summed E-state index contributed by atoms with van der Waals surface area (Å²) >= 11 is 0. The van der Waals surface area contributed by atoms with E-state index in [-0.39, 0.29) is 0 Å². The van der Waals surface area contributed by atoms with Crippen LogP contribution in [0, 0.1) is 13.8 Å². The maximum absolute atomic E-state index is 6.54. The monoisotopic (exact) mass is 1010 g/mol. The first-order valence-electron chi connectivity index (χ1n) is 26.9. The summed E-state index contributed by atoms with van der Waals surface area (Å²) in [6.07, 6.45) is 0. The van der Waals surface area contributed by atoms with Gasteiger partial charge in [-0.05, 0) is 175 Å². The number of fused-ring (bicyclic) bond motifs is 3. The molecule has 12 rings (SSSR count). The third-order valence-electron chi connectivity index (χ3n) is 16.7. The van der Waals surface area contributed by atoms with Crippen LogP contribution in [0.5, 0.6) is 0 Å². The summed E-state index contributed by atoms with van der Waals surface area (Å²) in [4.78, 5) is 4.79. The van der Waals surface area contributed by atoms with Crippen molar-refractivity contribution < 1.29 is 18.6 Å². The molecule has 2 aliphatic rings. The van der Waals surface area contributed by atoms with Gasteiger partial charge in [0.25, 0.3) is 0 Å². The van der Waals surface area contributed by atoms with Crippen LogP contribution in [0.25, 0.3) is 49.7 Å². The number of hydrogen-bond donors (Lipinski definition) is 0. The summed E-state index contributed by atoms with van der Waals surface area (Å²) in [5.41, 5.74) is 16.7. The van der Waals surface area contributed by atoms with Crippen LogP contribution in [0.2, 0.25) is 0 Å². The summed E-state index contributed by atoms with van der Waals surface area (Å²) in [6.45, 7) is 21.2. The summed E-state index contributed by atoms with van der Waals surface area (Å²) in [6, 6.07) is 76.7. The number of aromatic nitrogens is 1. The number of nitrogens with zero attached hydrogens (tertiary/aromatic N) is 3. The Labute approximate surface area is 454 Å². The van der Waals surface area contributed by atoms with Crippen molar-refractivity contribution in [3.63, 3.8) is 0 Å². The first kappa shape index (κ1) is 50.2. The van der Waals surface area contributed by atoms with Crippen LogP contribution in [0.3, 0.4) is 0 Å². The van der Waals surface area contributed by atoms with Crippen molar-refractivity contribution in [2.75, 3.05) is 9.80 Å². The minimum atomic E-state index is -0.479. The molecule has 0 unspecified atom stereocenters. The SMILES string of the molecule is Cc1cccc(C)c1-n1c2ccc(N(c3ccc(B4OC(C)(C)C(C)(C)O4)cc3)c3ccccc3-c3ccccc3)cc2c2cc(N(c3ccc(B4OC(C)(C)C(C)(C)O4)cc3)c3ccccc3-c3ccccc3)ccc21. The maximum atomic E-state index is 6.54. The number of aryl methyl sites for hydroxylation is 2. The Morgan fingerprint density at radius 1 is 0.351 bits per heavy atom. The van der Waals surface area contributed by atoms with E-state index in [1.54, 1.807) is 0 Å². The summed E-state index contributed by atoms with van der Waals surface area (Å²) in [7, 11) is -0.957. The number of para-hydroxylation sites is 3. The van der Waals surface area contributed by atoms with E-state index in [9.17, 15) is 0 Å². The quantitative estimate of drug-likeness (QED) is 0.120. The van der Waals surface area contributed by atoms with E-state index < -0.39 is 36.6 Å². The molecule has 77 heavy (non-hydrogen) atoms. The minimum absolute atomic E-state index is 0.454. The Morgan fingerprint density at radius 2 is 0.688 bits per heavy atom. The van der Waals surface area contributed by atoms with Crippen LogP contribution in [0.4, 0.5) is 34.1 Å². The second-order valence-corrected chi connectivity index (χ2v) is 22.8. The Hall–Kier alpha value is -7.65. The van der Waals surface area contributed by atoms with Crippen LogP contribution < -0.4 is 20.7 Å². The van der Waals surface area contributed by atoms with Crippen LogP contribution in [-0.2, 0) is 18.6 Å². The predicted octanol–water partition coefficient (Wildman–Crippen LogP) is 16.3. The molecule has 0 N–H and O–H groups in total. The van der Waals surface area contributed by atoms with Crippen molar-refractivity contribution in [3.05, 3.63) is 223 Å². The first-order valence-corrected chi connectivity index (χ1v) is 26.9. The van der Waals surface area contributed by atoms with Gasteiger partial charge in [-0.1, -0.05) is 140 Å². The fraction of sp³-hybridized carbons (Fsp3) is 0.206. The van der Waals surface area contributed by atoms with E-state index in [4.69, 9.17) is 18.6 Å². The van der Waals surface area contributed by atoms with E-state index in [0.717, 1.165) is 89.1 Å². The Bertz CT molecular complexity index is 3540. The highest BCUT2D eigenvalue weighted by Crippen LogP contribution is 2.47. The van der Waals surface area contributed by atoms with Gasteiger partial charge in [-0.2, -0.15) is 0 Å². The zero-order chi connectivity index (χ0) is 53.4. The number of benzene rings is 9. The molecule has 0 saturated carbocycles. The van der Waals surface area contributed by atoms with Crippen LogP contribution >= 0.6 is 0 Å². The van der Waals surface area contributed by atoms with Crippen molar-refractivity contribution in [1.82, 2.24) is 4.57 Å². The molecule has 0 bridgehead atoms. The zero-order valence-electron chi connectivity index (χ0n) is 45.8. The second kappa shape index (κ2) is 19.1. The Morgan fingerprint density at radius 3 is 1.06 bits per heavy atom. The summed E-state index contributed by atoms with van der Waals surface area (Å²) in [5.74, 6) is 0. The van der Waals surface area contributed by atoms with E-state index in [1.807, 2.05) is 0 Å². The second-order valence-electron chi connectivity index (χ2n) is 22.8. The Balaban J connectivity index is 1.07. The Kier molecular flexibility index (Phi) is 12.5. The third-order valence-corrected chi connectivity index (χ3v) is 16.7. The van der Waals surface area contributed by atoms with Crippen molar-refractivity contribution in [3.8, 4) is 27.9 Å². The molecule has 3 heterocycles. The lowest BCUT2D eigenvalue weighted by atomic mass is 9.79. The van der Waals surface area contributed by atoms with Gasteiger partial charge in [0, 0.05) is 44.6 Å². The fourth-order valence-electron chi connectivity index (χ4n) is 11.1. The zero-order valence-corrected chi connectivity index (χ0v) is 45.8. The van der Waals surface area contributed by atoms with Crippen molar-refractivity contribution >= 4 is 81.1 Å². The topological polar surface area (TPSA) is 48.3 Å². The highest BCUT2D eigenvalue weighted by Gasteiger charge is 2.53. The van der Waals surface area contributed by atoms with Crippen molar-refractivity contribution in [1.29, 1.82) is 0 Å². The lowest BCUT2D eigenvalue weighted by Gasteiger charge is -2.32. The molecule has 0 atom stereocenters. The predicted molar refractivity (Wildman–Crippen MR) is 322 cm³/mol. The highest BCUT2D eigenvalue weighted by atomic mass is 16.7. The van der Waals surface area contributed by atoms with E-state index in [2.05, 4.69) is 296 Å². The van der Waals surface area contributed by atoms with Gasteiger partial charge in [-0.15, -0.1) is 0 Å². The fourth-order valence-corrected chi connectivity index (χ4v) is 11.1. The molecule has 0 spiro atoms. The molecular formula is C68H65B2N3O4. The van der Waals surface area contributed by atoms with E-state index >= 15 is 0 Å². The first-order chi connectivity index (χ1) is 37.0. The molecule has 10 aromatic rings. The summed E-state index contributed by atoms with van der Waals surface area (Å²) in [5, 5.41) is 2.26. The highest BCUT2D eigenvalue weighted by molar-refractivity contribution is 6.62. The van der Waals surface area contributed by atoms with Crippen LogP contribution in [-0.4, -0.2) is 41.2 Å².